The van der Waals surface area contributed by atoms with Gasteiger partial charge >= 0.3 is 0 Å². The Morgan fingerprint density at radius 2 is 2.25 bits per heavy atom. The quantitative estimate of drug-likeness (QED) is 0.521. The monoisotopic (exact) mass is 263 g/mol. The van der Waals surface area contributed by atoms with Gasteiger partial charge in [0.05, 0.1) is 0 Å². The van der Waals surface area contributed by atoms with E-state index in [9.17, 15) is 4.79 Å². The van der Waals surface area contributed by atoms with Gasteiger partial charge in [-0.15, -0.1) is 0 Å². The van der Waals surface area contributed by atoms with Crippen LogP contribution in [0.25, 0.3) is 0 Å². The molecule has 0 saturated carbocycles. The minimum atomic E-state index is 0.127. The zero-order chi connectivity index (χ0) is 11.6. The third-order valence-corrected chi connectivity index (χ3v) is 5.57. The fraction of sp³-hybridized carbons (Fsp3) is 0.909. The van der Waals surface area contributed by atoms with Gasteiger partial charge in [-0.05, 0) is 25.7 Å². The Bertz CT molecular complexity index is 196. The Kier molecular flexibility index (Phi) is 8.15. The fourth-order valence-electron chi connectivity index (χ4n) is 1.62. The molecule has 16 heavy (non-hydrogen) atoms. The molecule has 0 unspecified atom stereocenters. The number of nitrogens with one attached hydrogen (secondary N) is 1. The van der Waals surface area contributed by atoms with E-state index in [1.807, 2.05) is 21.6 Å². The maximum atomic E-state index is 11.3. The third kappa shape index (κ3) is 6.66. The van der Waals surface area contributed by atoms with Crippen LogP contribution in [-0.4, -0.2) is 35.2 Å². The predicted molar refractivity (Wildman–Crippen MR) is 71.6 cm³/mol. The van der Waals surface area contributed by atoms with E-state index in [1.165, 1.54) is 18.6 Å². The molecule has 1 rings (SSSR count). The molecule has 1 saturated heterocycles. The number of amides is 1. The molecule has 1 amide bonds. The Hall–Kier alpha value is 0.130. The summed E-state index contributed by atoms with van der Waals surface area (Å²) in [6.45, 7) is 0.751. The van der Waals surface area contributed by atoms with Gasteiger partial charge in [0.2, 0.25) is 5.91 Å². The number of rotatable bonds is 8. The van der Waals surface area contributed by atoms with Crippen LogP contribution in [-0.2, 0) is 4.79 Å². The Balaban J connectivity index is 1.87. The Labute approximate surface area is 106 Å². The van der Waals surface area contributed by atoms with Crippen molar-refractivity contribution >= 4 is 27.5 Å². The molecule has 0 aromatic heterocycles. The van der Waals surface area contributed by atoms with Crippen molar-refractivity contribution in [3.63, 3.8) is 0 Å². The van der Waals surface area contributed by atoms with E-state index >= 15 is 0 Å². The van der Waals surface area contributed by atoms with Crippen molar-refractivity contribution in [2.24, 2.45) is 0 Å². The van der Waals surface area contributed by atoms with Crippen molar-refractivity contribution in [1.82, 2.24) is 5.32 Å². The molecule has 0 bridgehead atoms. The Morgan fingerprint density at radius 1 is 1.38 bits per heavy atom. The number of aliphatic hydroxyl groups excluding tert-OH is 1. The van der Waals surface area contributed by atoms with Crippen molar-refractivity contribution in [2.75, 3.05) is 18.9 Å². The zero-order valence-electron chi connectivity index (χ0n) is 9.61. The number of hydrogen-bond acceptors (Lipinski definition) is 4. The number of aliphatic hydroxyl groups is 1. The molecule has 0 aromatic carbocycles. The summed E-state index contributed by atoms with van der Waals surface area (Å²) in [4.78, 5) is 11.3. The molecule has 1 heterocycles. The molecule has 0 spiro atoms. The van der Waals surface area contributed by atoms with E-state index in [0.717, 1.165) is 18.1 Å². The summed E-state index contributed by atoms with van der Waals surface area (Å²) < 4.78 is 0. The van der Waals surface area contributed by atoms with Gasteiger partial charge in [-0.25, -0.2) is 0 Å². The molecule has 2 N–H and O–H groups in total. The molecule has 1 aliphatic rings. The molecule has 1 atom stereocenters. The van der Waals surface area contributed by atoms with Crippen molar-refractivity contribution in [3.8, 4) is 0 Å². The van der Waals surface area contributed by atoms with Crippen LogP contribution in [0, 0.1) is 0 Å². The minimum absolute atomic E-state index is 0.127. The lowest BCUT2D eigenvalue weighted by Gasteiger charge is -2.07. The number of carbonyl (C=O) groups excluding carboxylic acids is 1. The molecule has 1 aliphatic heterocycles. The smallest absolute Gasteiger partial charge is 0.219 e. The van der Waals surface area contributed by atoms with Gasteiger partial charge < -0.3 is 10.4 Å². The topological polar surface area (TPSA) is 49.3 Å². The SMILES string of the molecule is O=C(CCCC[C@H]1CCSS1)NCCCO. The molecule has 5 heteroatoms. The molecule has 0 radical (unpaired) electrons. The number of hydrogen-bond donors (Lipinski definition) is 2. The number of carbonyl (C=O) groups is 1. The van der Waals surface area contributed by atoms with Crippen LogP contribution in [0.15, 0.2) is 0 Å². The van der Waals surface area contributed by atoms with Gasteiger partial charge in [0.25, 0.3) is 0 Å². The average Bonchev–Trinajstić information content (AvgIpc) is 2.78. The van der Waals surface area contributed by atoms with Crippen LogP contribution >= 0.6 is 21.6 Å². The summed E-state index contributed by atoms with van der Waals surface area (Å²) in [7, 11) is 3.98. The van der Waals surface area contributed by atoms with Gasteiger partial charge in [-0.2, -0.15) is 0 Å². The highest BCUT2D eigenvalue weighted by Gasteiger charge is 2.15. The first-order valence-electron chi connectivity index (χ1n) is 5.98. The summed E-state index contributed by atoms with van der Waals surface area (Å²) in [5, 5.41) is 12.2. The summed E-state index contributed by atoms with van der Waals surface area (Å²) >= 11 is 0. The summed E-state index contributed by atoms with van der Waals surface area (Å²) in [6.07, 6.45) is 6.02. The van der Waals surface area contributed by atoms with Crippen molar-refractivity contribution < 1.29 is 9.90 Å². The molecular formula is C11H21NO2S2. The first-order chi connectivity index (χ1) is 7.83. The van der Waals surface area contributed by atoms with Crippen LogP contribution < -0.4 is 5.32 Å². The van der Waals surface area contributed by atoms with E-state index in [2.05, 4.69) is 5.32 Å². The molecule has 0 aliphatic carbocycles. The predicted octanol–water partition coefficient (Wildman–Crippen LogP) is 2.20. The highest BCUT2D eigenvalue weighted by molar-refractivity contribution is 8.77. The molecular weight excluding hydrogens is 242 g/mol. The van der Waals surface area contributed by atoms with Crippen LogP contribution in [0.5, 0.6) is 0 Å². The maximum Gasteiger partial charge on any atom is 0.219 e. The van der Waals surface area contributed by atoms with Crippen LogP contribution in [0.3, 0.4) is 0 Å². The second kappa shape index (κ2) is 9.19. The van der Waals surface area contributed by atoms with Gasteiger partial charge in [-0.1, -0.05) is 28.0 Å². The van der Waals surface area contributed by atoms with Gasteiger partial charge in [-0.3, -0.25) is 4.79 Å². The van der Waals surface area contributed by atoms with Crippen LogP contribution in [0.2, 0.25) is 0 Å². The van der Waals surface area contributed by atoms with Crippen LogP contribution in [0.4, 0.5) is 0 Å². The van der Waals surface area contributed by atoms with Gasteiger partial charge in [0, 0.05) is 30.6 Å². The van der Waals surface area contributed by atoms with E-state index in [1.54, 1.807) is 0 Å². The number of unbranched alkanes of at least 4 members (excludes halogenated alkanes) is 1. The molecule has 3 nitrogen and oxygen atoms in total. The van der Waals surface area contributed by atoms with Crippen molar-refractivity contribution in [3.05, 3.63) is 0 Å². The van der Waals surface area contributed by atoms with E-state index < -0.39 is 0 Å². The van der Waals surface area contributed by atoms with Crippen molar-refractivity contribution in [2.45, 2.75) is 43.8 Å². The fourth-order valence-corrected chi connectivity index (χ4v) is 4.64. The maximum absolute atomic E-state index is 11.3. The molecule has 1 fully saturated rings. The minimum Gasteiger partial charge on any atom is -0.396 e. The lowest BCUT2D eigenvalue weighted by molar-refractivity contribution is -0.121. The normalized spacial score (nSPS) is 19.9. The first kappa shape index (κ1) is 14.2. The van der Waals surface area contributed by atoms with Gasteiger partial charge in [0.15, 0.2) is 0 Å². The van der Waals surface area contributed by atoms with E-state index in [4.69, 9.17) is 5.11 Å². The second-order valence-electron chi connectivity index (χ2n) is 4.00. The average molecular weight is 263 g/mol. The second-order valence-corrected chi connectivity index (χ2v) is 6.79. The first-order valence-corrected chi connectivity index (χ1v) is 8.37. The highest BCUT2D eigenvalue weighted by Crippen LogP contribution is 2.39. The highest BCUT2D eigenvalue weighted by atomic mass is 33.1. The summed E-state index contributed by atoms with van der Waals surface area (Å²) in [5.74, 6) is 1.42. The molecule has 0 aromatic rings. The largest absolute Gasteiger partial charge is 0.396 e. The lowest BCUT2D eigenvalue weighted by Crippen LogP contribution is -2.24. The van der Waals surface area contributed by atoms with E-state index in [0.29, 0.717) is 19.4 Å². The third-order valence-electron chi connectivity index (χ3n) is 2.56. The lowest BCUT2D eigenvalue weighted by atomic mass is 10.1. The van der Waals surface area contributed by atoms with Crippen LogP contribution in [0.1, 0.15) is 38.5 Å². The summed E-state index contributed by atoms with van der Waals surface area (Å²) in [5.41, 5.74) is 0. The molecule has 94 valence electrons. The Morgan fingerprint density at radius 3 is 2.94 bits per heavy atom. The standard InChI is InChI=1S/C11H21NO2S2/c13-8-3-7-12-11(14)5-2-1-4-10-6-9-15-16-10/h10,13H,1-9H2,(H,12,14)/t10-/m0/s1. The van der Waals surface area contributed by atoms with E-state index in [-0.39, 0.29) is 12.5 Å². The van der Waals surface area contributed by atoms with Gasteiger partial charge in [0.1, 0.15) is 0 Å². The van der Waals surface area contributed by atoms with Crippen molar-refractivity contribution in [1.29, 1.82) is 0 Å². The zero-order valence-corrected chi connectivity index (χ0v) is 11.2. The summed E-state index contributed by atoms with van der Waals surface area (Å²) in [6, 6.07) is 0.